The Bertz CT molecular complexity index is 591. The number of benzene rings is 1. The fourth-order valence-electron chi connectivity index (χ4n) is 2.16. The molecule has 3 nitrogen and oxygen atoms in total. The first-order valence-electron chi connectivity index (χ1n) is 6.63. The van der Waals surface area contributed by atoms with Crippen LogP contribution >= 0.6 is 11.3 Å². The molecule has 1 amide bonds. The van der Waals surface area contributed by atoms with Crippen molar-refractivity contribution < 1.29 is 9.90 Å². The molecule has 0 saturated carbocycles. The van der Waals surface area contributed by atoms with Crippen LogP contribution in [-0.2, 0) is 0 Å². The molecule has 2 N–H and O–H groups in total. The number of nitrogens with one attached hydrogen (secondary N) is 1. The van der Waals surface area contributed by atoms with Gasteiger partial charge in [0.05, 0.1) is 6.04 Å². The SMILES string of the molecule is Cc1cc(O)ccc1C(=O)NC(c1cccs1)C(C)C. The molecule has 20 heavy (non-hydrogen) atoms. The number of thiophene rings is 1. The van der Waals surface area contributed by atoms with Crippen LogP contribution in [0.3, 0.4) is 0 Å². The molecule has 2 aromatic rings. The monoisotopic (exact) mass is 289 g/mol. The van der Waals surface area contributed by atoms with Crippen LogP contribution in [0.5, 0.6) is 5.75 Å². The number of aromatic hydroxyl groups is 1. The largest absolute Gasteiger partial charge is 0.508 e. The molecule has 0 spiro atoms. The number of carbonyl (C=O) groups excluding carboxylic acids is 1. The average Bonchev–Trinajstić information content (AvgIpc) is 2.88. The van der Waals surface area contributed by atoms with Crippen LogP contribution in [0.2, 0.25) is 0 Å². The molecule has 2 rings (SSSR count). The molecule has 1 heterocycles. The number of carbonyl (C=O) groups is 1. The molecule has 0 aliphatic rings. The van der Waals surface area contributed by atoms with E-state index >= 15 is 0 Å². The Labute approximate surface area is 123 Å². The van der Waals surface area contributed by atoms with E-state index in [1.54, 1.807) is 23.5 Å². The van der Waals surface area contributed by atoms with E-state index in [-0.39, 0.29) is 17.7 Å². The summed E-state index contributed by atoms with van der Waals surface area (Å²) in [7, 11) is 0. The highest BCUT2D eigenvalue weighted by Gasteiger charge is 2.20. The van der Waals surface area contributed by atoms with Gasteiger partial charge in [0.15, 0.2) is 0 Å². The summed E-state index contributed by atoms with van der Waals surface area (Å²) < 4.78 is 0. The maximum absolute atomic E-state index is 12.4. The highest BCUT2D eigenvalue weighted by molar-refractivity contribution is 7.10. The molecule has 1 aromatic heterocycles. The van der Waals surface area contributed by atoms with Crippen molar-refractivity contribution in [1.29, 1.82) is 0 Å². The molecule has 4 heteroatoms. The molecule has 0 saturated heterocycles. The van der Waals surface area contributed by atoms with Gasteiger partial charge < -0.3 is 10.4 Å². The zero-order valence-electron chi connectivity index (χ0n) is 11.9. The van der Waals surface area contributed by atoms with Crippen molar-refractivity contribution in [2.45, 2.75) is 26.8 Å². The molecule has 1 atom stereocenters. The van der Waals surface area contributed by atoms with Gasteiger partial charge in [0, 0.05) is 10.4 Å². The van der Waals surface area contributed by atoms with Crippen LogP contribution in [-0.4, -0.2) is 11.0 Å². The number of phenolic OH excluding ortho intramolecular Hbond substituents is 1. The van der Waals surface area contributed by atoms with Crippen LogP contribution in [0.4, 0.5) is 0 Å². The van der Waals surface area contributed by atoms with E-state index < -0.39 is 0 Å². The lowest BCUT2D eigenvalue weighted by molar-refractivity contribution is 0.0926. The minimum Gasteiger partial charge on any atom is -0.508 e. The molecule has 1 aromatic carbocycles. The molecule has 0 fully saturated rings. The first kappa shape index (κ1) is 14.6. The zero-order chi connectivity index (χ0) is 14.7. The second kappa shape index (κ2) is 6.09. The summed E-state index contributed by atoms with van der Waals surface area (Å²) in [5.74, 6) is 0.391. The van der Waals surface area contributed by atoms with E-state index in [1.807, 2.05) is 24.4 Å². The summed E-state index contributed by atoms with van der Waals surface area (Å²) in [5, 5.41) is 14.5. The molecule has 106 valence electrons. The average molecular weight is 289 g/mol. The fraction of sp³-hybridized carbons (Fsp3) is 0.312. The normalized spacial score (nSPS) is 12.4. The summed E-state index contributed by atoms with van der Waals surface area (Å²) in [4.78, 5) is 13.6. The Kier molecular flexibility index (Phi) is 4.45. The van der Waals surface area contributed by atoms with Crippen molar-refractivity contribution in [3.05, 3.63) is 51.7 Å². The molecular formula is C16H19NO2S. The van der Waals surface area contributed by atoms with Crippen LogP contribution < -0.4 is 5.32 Å². The van der Waals surface area contributed by atoms with E-state index in [0.29, 0.717) is 11.5 Å². The molecule has 0 bridgehead atoms. The number of phenols is 1. The van der Waals surface area contributed by atoms with Crippen LogP contribution in [0, 0.1) is 12.8 Å². The second-order valence-corrected chi connectivity index (χ2v) is 6.19. The zero-order valence-corrected chi connectivity index (χ0v) is 12.7. The topological polar surface area (TPSA) is 49.3 Å². The maximum atomic E-state index is 12.4. The van der Waals surface area contributed by atoms with E-state index in [1.165, 1.54) is 6.07 Å². The lowest BCUT2D eigenvalue weighted by atomic mass is 10.0. The first-order chi connectivity index (χ1) is 9.49. The Balaban J connectivity index is 2.21. The van der Waals surface area contributed by atoms with Gasteiger partial charge in [0.2, 0.25) is 0 Å². The van der Waals surface area contributed by atoms with Gasteiger partial charge in [-0.2, -0.15) is 0 Å². The van der Waals surface area contributed by atoms with Crippen molar-refractivity contribution in [1.82, 2.24) is 5.32 Å². The van der Waals surface area contributed by atoms with Gasteiger partial charge in [-0.25, -0.2) is 0 Å². The van der Waals surface area contributed by atoms with Gasteiger partial charge in [-0.15, -0.1) is 11.3 Å². The molecule has 0 radical (unpaired) electrons. The van der Waals surface area contributed by atoms with Crippen LogP contribution in [0.25, 0.3) is 0 Å². The number of amides is 1. The minimum atomic E-state index is -0.102. The van der Waals surface area contributed by atoms with E-state index in [2.05, 4.69) is 19.2 Å². The summed E-state index contributed by atoms with van der Waals surface area (Å²) in [5.41, 5.74) is 1.38. The summed E-state index contributed by atoms with van der Waals surface area (Å²) >= 11 is 1.65. The minimum absolute atomic E-state index is 0.00991. The predicted octanol–water partition coefficient (Wildman–Crippen LogP) is 3.89. The highest BCUT2D eigenvalue weighted by atomic mass is 32.1. The summed E-state index contributed by atoms with van der Waals surface area (Å²) in [6, 6.07) is 8.84. The van der Waals surface area contributed by atoms with Gasteiger partial charge in [-0.1, -0.05) is 19.9 Å². The highest BCUT2D eigenvalue weighted by Crippen LogP contribution is 2.26. The number of hydrogen-bond donors (Lipinski definition) is 2. The lowest BCUT2D eigenvalue weighted by Gasteiger charge is -2.21. The molecule has 0 aliphatic heterocycles. The van der Waals surface area contributed by atoms with Crippen molar-refractivity contribution in [2.75, 3.05) is 0 Å². The van der Waals surface area contributed by atoms with Crippen LogP contribution in [0.1, 0.15) is 40.7 Å². The first-order valence-corrected chi connectivity index (χ1v) is 7.51. The maximum Gasteiger partial charge on any atom is 0.252 e. The molecule has 0 aliphatic carbocycles. The predicted molar refractivity (Wildman–Crippen MR) is 82.2 cm³/mol. The standard InChI is InChI=1S/C16H19NO2S/c1-10(2)15(14-5-4-8-20-14)17-16(19)13-7-6-12(18)9-11(13)3/h4-10,15,18H,1-3H3,(H,17,19). The van der Waals surface area contributed by atoms with Crippen molar-refractivity contribution in [3.63, 3.8) is 0 Å². The molecular weight excluding hydrogens is 270 g/mol. The van der Waals surface area contributed by atoms with Gasteiger partial charge in [-0.3, -0.25) is 4.79 Å². The third-order valence-corrected chi connectivity index (χ3v) is 4.21. The Hall–Kier alpha value is -1.81. The quantitative estimate of drug-likeness (QED) is 0.897. The number of hydrogen-bond acceptors (Lipinski definition) is 3. The van der Waals surface area contributed by atoms with Gasteiger partial charge >= 0.3 is 0 Å². The third kappa shape index (κ3) is 3.20. The van der Waals surface area contributed by atoms with Gasteiger partial charge in [0.1, 0.15) is 5.75 Å². The van der Waals surface area contributed by atoms with E-state index in [4.69, 9.17) is 0 Å². The third-order valence-electron chi connectivity index (χ3n) is 3.26. The summed E-state index contributed by atoms with van der Waals surface area (Å²) in [6.45, 7) is 6.01. The smallest absolute Gasteiger partial charge is 0.252 e. The second-order valence-electron chi connectivity index (χ2n) is 5.21. The Morgan fingerprint density at radius 3 is 2.60 bits per heavy atom. The van der Waals surface area contributed by atoms with Gasteiger partial charge in [-0.05, 0) is 48.1 Å². The Morgan fingerprint density at radius 1 is 1.30 bits per heavy atom. The summed E-state index contributed by atoms with van der Waals surface area (Å²) in [6.07, 6.45) is 0. The van der Waals surface area contributed by atoms with Crippen molar-refractivity contribution >= 4 is 17.2 Å². The van der Waals surface area contributed by atoms with Crippen LogP contribution in [0.15, 0.2) is 35.7 Å². The number of aryl methyl sites for hydroxylation is 1. The molecule has 1 unspecified atom stereocenters. The number of rotatable bonds is 4. The van der Waals surface area contributed by atoms with E-state index in [0.717, 1.165) is 10.4 Å². The Morgan fingerprint density at radius 2 is 2.05 bits per heavy atom. The lowest BCUT2D eigenvalue weighted by Crippen LogP contribution is -2.31. The van der Waals surface area contributed by atoms with E-state index in [9.17, 15) is 9.90 Å². The van der Waals surface area contributed by atoms with Gasteiger partial charge in [0.25, 0.3) is 5.91 Å². The fourth-order valence-corrected chi connectivity index (χ4v) is 3.11. The van der Waals surface area contributed by atoms with Crippen molar-refractivity contribution in [2.24, 2.45) is 5.92 Å². The van der Waals surface area contributed by atoms with Crippen molar-refractivity contribution in [3.8, 4) is 5.75 Å².